The first-order chi connectivity index (χ1) is 7.83. The summed E-state index contributed by atoms with van der Waals surface area (Å²) in [5.74, 6) is 1.03. The molecule has 3 nitrogen and oxygen atoms in total. The number of hydrogen-bond donors (Lipinski definition) is 0. The van der Waals surface area contributed by atoms with Crippen LogP contribution in [0, 0.1) is 5.92 Å². The molecular weight excluding hydrogens is 214 g/mol. The number of unbranched alkanes of at least 4 members (excludes halogenated alkanes) is 1. The van der Waals surface area contributed by atoms with Crippen molar-refractivity contribution in [3.8, 4) is 0 Å². The summed E-state index contributed by atoms with van der Waals surface area (Å²) in [7, 11) is 0. The maximum absolute atomic E-state index is 12.0. The maximum atomic E-state index is 12.0. The molecule has 3 heteroatoms. The molecule has 1 saturated heterocycles. The monoisotopic (exact) mass is 239 g/mol. The third kappa shape index (κ3) is 4.14. The minimum atomic E-state index is -0.272. The third-order valence-corrected chi connectivity index (χ3v) is 3.42. The lowest BCUT2D eigenvalue weighted by molar-refractivity contribution is -0.135. The molecule has 0 aliphatic carbocycles. The van der Waals surface area contributed by atoms with Gasteiger partial charge in [-0.3, -0.25) is 9.59 Å². The van der Waals surface area contributed by atoms with Crippen LogP contribution >= 0.6 is 0 Å². The van der Waals surface area contributed by atoms with Crippen molar-refractivity contribution in [1.29, 1.82) is 0 Å². The lowest BCUT2D eigenvalue weighted by Crippen LogP contribution is -2.42. The maximum Gasteiger partial charge on any atom is 0.223 e. The van der Waals surface area contributed by atoms with Crippen LogP contribution in [0.4, 0.5) is 0 Å². The van der Waals surface area contributed by atoms with Crippen molar-refractivity contribution >= 4 is 11.7 Å². The number of likely N-dealkylation sites (tertiary alicyclic amines) is 1. The van der Waals surface area contributed by atoms with E-state index in [0.717, 1.165) is 12.8 Å². The summed E-state index contributed by atoms with van der Waals surface area (Å²) in [5, 5.41) is 0. The minimum absolute atomic E-state index is 0.143. The normalized spacial score (nSPS) is 19.1. The van der Waals surface area contributed by atoms with Crippen molar-refractivity contribution in [1.82, 2.24) is 4.90 Å². The first kappa shape index (κ1) is 14.2. The molecule has 0 unspecified atom stereocenters. The molecule has 0 atom stereocenters. The molecule has 0 aromatic heterocycles. The van der Waals surface area contributed by atoms with Crippen LogP contribution in [0.5, 0.6) is 0 Å². The van der Waals surface area contributed by atoms with Crippen LogP contribution in [0.15, 0.2) is 0 Å². The van der Waals surface area contributed by atoms with Crippen molar-refractivity contribution in [3.63, 3.8) is 0 Å². The average Bonchev–Trinajstić information content (AvgIpc) is 2.46. The Bertz CT molecular complexity index is 295. The molecule has 0 saturated carbocycles. The molecule has 1 fully saturated rings. The van der Waals surface area contributed by atoms with Gasteiger partial charge in [0, 0.05) is 18.4 Å². The van der Waals surface area contributed by atoms with Crippen LogP contribution in [-0.4, -0.2) is 28.7 Å². The Labute approximate surface area is 105 Å². The second kappa shape index (κ2) is 5.65. The summed E-state index contributed by atoms with van der Waals surface area (Å²) >= 11 is 0. The van der Waals surface area contributed by atoms with Gasteiger partial charge in [0.15, 0.2) is 5.78 Å². The van der Waals surface area contributed by atoms with Gasteiger partial charge < -0.3 is 4.90 Å². The first-order valence-corrected chi connectivity index (χ1v) is 6.65. The van der Waals surface area contributed by atoms with Gasteiger partial charge in [-0.1, -0.05) is 26.7 Å². The molecule has 0 bridgehead atoms. The summed E-state index contributed by atoms with van der Waals surface area (Å²) in [4.78, 5) is 25.2. The zero-order valence-corrected chi connectivity index (χ0v) is 11.6. The number of nitrogens with zero attached hydrogens (tertiary/aromatic N) is 1. The average molecular weight is 239 g/mol. The van der Waals surface area contributed by atoms with E-state index in [4.69, 9.17) is 0 Å². The Kier molecular flexibility index (Phi) is 4.72. The Morgan fingerprint density at radius 1 is 1.35 bits per heavy atom. The number of carbonyl (C=O) groups is 2. The number of amides is 1. The largest absolute Gasteiger partial charge is 0.330 e. The zero-order chi connectivity index (χ0) is 13.1. The fourth-order valence-electron chi connectivity index (χ4n) is 2.41. The van der Waals surface area contributed by atoms with Crippen molar-refractivity contribution in [2.75, 3.05) is 6.54 Å². The van der Waals surface area contributed by atoms with Crippen LogP contribution in [0.3, 0.4) is 0 Å². The SMILES string of the molecule is CC(C)CCCCC(=O)N1CC(=O)CC1(C)C. The van der Waals surface area contributed by atoms with E-state index in [1.165, 1.54) is 6.42 Å². The van der Waals surface area contributed by atoms with Gasteiger partial charge in [-0.05, 0) is 26.2 Å². The highest BCUT2D eigenvalue weighted by atomic mass is 16.2. The van der Waals surface area contributed by atoms with Gasteiger partial charge in [0.1, 0.15) is 0 Å². The van der Waals surface area contributed by atoms with E-state index in [1.807, 2.05) is 13.8 Å². The first-order valence-electron chi connectivity index (χ1n) is 6.65. The molecule has 1 aliphatic rings. The van der Waals surface area contributed by atoms with Crippen molar-refractivity contribution in [2.45, 2.75) is 65.3 Å². The summed E-state index contributed by atoms with van der Waals surface area (Å²) in [6.07, 6.45) is 4.31. The van der Waals surface area contributed by atoms with E-state index in [-0.39, 0.29) is 17.2 Å². The van der Waals surface area contributed by atoms with Crippen LogP contribution in [-0.2, 0) is 9.59 Å². The predicted octanol–water partition coefficient (Wildman–Crippen LogP) is 2.78. The second-order valence-corrected chi connectivity index (χ2v) is 6.15. The van der Waals surface area contributed by atoms with Gasteiger partial charge in [0.05, 0.1) is 6.54 Å². The van der Waals surface area contributed by atoms with Gasteiger partial charge in [-0.25, -0.2) is 0 Å². The third-order valence-electron chi connectivity index (χ3n) is 3.42. The predicted molar refractivity (Wildman–Crippen MR) is 68.7 cm³/mol. The Morgan fingerprint density at radius 2 is 2.00 bits per heavy atom. The van der Waals surface area contributed by atoms with E-state index >= 15 is 0 Å². The van der Waals surface area contributed by atoms with E-state index in [0.29, 0.717) is 25.3 Å². The summed E-state index contributed by atoms with van der Waals surface area (Å²) in [6, 6.07) is 0. The van der Waals surface area contributed by atoms with Gasteiger partial charge >= 0.3 is 0 Å². The summed E-state index contributed by atoms with van der Waals surface area (Å²) in [6.45, 7) is 8.66. The number of hydrogen-bond acceptors (Lipinski definition) is 2. The van der Waals surface area contributed by atoms with Gasteiger partial charge in [-0.15, -0.1) is 0 Å². The lowest BCUT2D eigenvalue weighted by atomic mass is 10.0. The molecule has 0 radical (unpaired) electrons. The van der Waals surface area contributed by atoms with Crippen molar-refractivity contribution in [3.05, 3.63) is 0 Å². The molecule has 98 valence electrons. The molecule has 0 spiro atoms. The van der Waals surface area contributed by atoms with E-state index in [2.05, 4.69) is 13.8 Å². The van der Waals surface area contributed by atoms with Crippen LogP contribution in [0.25, 0.3) is 0 Å². The highest BCUT2D eigenvalue weighted by Gasteiger charge is 2.39. The number of rotatable bonds is 5. The van der Waals surface area contributed by atoms with E-state index < -0.39 is 0 Å². The number of ketones is 1. The number of carbonyl (C=O) groups excluding carboxylic acids is 2. The van der Waals surface area contributed by atoms with Crippen LogP contribution in [0.1, 0.15) is 59.8 Å². The van der Waals surface area contributed by atoms with Crippen LogP contribution in [0.2, 0.25) is 0 Å². The second-order valence-electron chi connectivity index (χ2n) is 6.15. The molecular formula is C14H25NO2. The Hall–Kier alpha value is -0.860. The summed E-state index contributed by atoms with van der Waals surface area (Å²) in [5.41, 5.74) is -0.272. The molecule has 0 aromatic rings. The number of Topliss-reactive ketones (excluding diaryl/α,β-unsaturated/α-hetero) is 1. The van der Waals surface area contributed by atoms with Gasteiger partial charge in [0.2, 0.25) is 5.91 Å². The van der Waals surface area contributed by atoms with Crippen LogP contribution < -0.4 is 0 Å². The Balaban J connectivity index is 2.35. The minimum Gasteiger partial charge on any atom is -0.330 e. The fourth-order valence-corrected chi connectivity index (χ4v) is 2.41. The molecule has 17 heavy (non-hydrogen) atoms. The van der Waals surface area contributed by atoms with E-state index in [9.17, 15) is 9.59 Å². The van der Waals surface area contributed by atoms with Gasteiger partial charge in [-0.2, -0.15) is 0 Å². The topological polar surface area (TPSA) is 37.4 Å². The molecule has 0 aromatic carbocycles. The van der Waals surface area contributed by atoms with Crippen molar-refractivity contribution < 1.29 is 9.59 Å². The molecule has 1 amide bonds. The fraction of sp³-hybridized carbons (Fsp3) is 0.857. The zero-order valence-electron chi connectivity index (χ0n) is 11.6. The molecule has 1 aliphatic heterocycles. The quantitative estimate of drug-likeness (QED) is 0.692. The van der Waals surface area contributed by atoms with E-state index in [1.54, 1.807) is 4.90 Å². The summed E-state index contributed by atoms with van der Waals surface area (Å²) < 4.78 is 0. The highest BCUT2D eigenvalue weighted by Crippen LogP contribution is 2.27. The smallest absolute Gasteiger partial charge is 0.223 e. The van der Waals surface area contributed by atoms with Gasteiger partial charge in [0.25, 0.3) is 0 Å². The lowest BCUT2D eigenvalue weighted by Gasteiger charge is -2.30. The Morgan fingerprint density at radius 3 is 2.47 bits per heavy atom. The molecule has 1 heterocycles. The van der Waals surface area contributed by atoms with Crippen molar-refractivity contribution in [2.24, 2.45) is 5.92 Å². The molecule has 1 rings (SSSR count). The standard InChI is InChI=1S/C14H25NO2/c1-11(2)7-5-6-8-13(17)15-10-12(16)9-14(15,3)4/h11H,5-10H2,1-4H3. The highest BCUT2D eigenvalue weighted by molar-refractivity contribution is 5.91. The molecule has 0 N–H and O–H groups in total.